The van der Waals surface area contributed by atoms with Crippen LogP contribution in [0.15, 0.2) is 189 Å². The molecule has 7 aromatic carbocycles. The van der Waals surface area contributed by atoms with E-state index < -0.39 is 0 Å². The maximum atomic E-state index is 4.74. The predicted molar refractivity (Wildman–Crippen MR) is 225 cm³/mol. The lowest BCUT2D eigenvalue weighted by Crippen LogP contribution is -2.18. The topological polar surface area (TPSA) is 8.17 Å². The number of thiophene rings is 1. The van der Waals surface area contributed by atoms with Crippen LogP contribution in [0.3, 0.4) is 0 Å². The number of anilines is 2. The molecule has 1 aliphatic heterocycles. The van der Waals surface area contributed by atoms with Crippen LogP contribution < -0.4 is 4.90 Å². The quantitative estimate of drug-likeness (QED) is 0.179. The van der Waals surface area contributed by atoms with Crippen molar-refractivity contribution < 1.29 is 0 Å². The number of allylic oxidation sites excluding steroid dienone is 4. The molecule has 0 spiro atoms. The van der Waals surface area contributed by atoms with Gasteiger partial charge in [-0.1, -0.05) is 110 Å². The highest BCUT2D eigenvalue weighted by Gasteiger charge is 2.19. The Bertz CT molecular complexity index is 2890. The number of benzene rings is 7. The van der Waals surface area contributed by atoms with Gasteiger partial charge in [0.05, 0.1) is 11.0 Å². The van der Waals surface area contributed by atoms with Gasteiger partial charge in [-0.15, -0.1) is 11.3 Å². The minimum absolute atomic E-state index is 0.726. The van der Waals surface area contributed by atoms with Gasteiger partial charge in [0.2, 0.25) is 0 Å². The van der Waals surface area contributed by atoms with Crippen molar-refractivity contribution in [3.8, 4) is 16.8 Å². The van der Waals surface area contributed by atoms with E-state index in [2.05, 4.69) is 191 Å². The standard InChI is InChI=1S/C49H34N2S/c1-33-29-34(36-23-26-47-43(31-36)40-18-8-10-20-46(40)51(47)39-16-6-3-7-17-39)13-12-28-50(38-14-4-2-5-15-38)45-25-22-35(30-42(33)45)37-24-27-49-44(32-37)41-19-9-11-21-48(41)52-49/h2-27,29-32H,1,28H2/b13-12-,34-29+. The highest BCUT2D eigenvalue weighted by atomic mass is 32.1. The Labute approximate surface area is 307 Å². The van der Waals surface area contributed by atoms with Gasteiger partial charge in [-0.25, -0.2) is 0 Å². The van der Waals surface area contributed by atoms with E-state index in [1.807, 2.05) is 11.3 Å². The normalized spacial score (nSPS) is 15.0. The second-order valence-electron chi connectivity index (χ2n) is 13.4. The summed E-state index contributed by atoms with van der Waals surface area (Å²) in [5.41, 5.74) is 12.7. The molecule has 0 atom stereocenters. The molecule has 0 saturated carbocycles. The number of hydrogen-bond acceptors (Lipinski definition) is 2. The largest absolute Gasteiger partial charge is 0.337 e. The number of aromatic nitrogens is 1. The molecular formula is C49H34N2S. The van der Waals surface area contributed by atoms with E-state index in [4.69, 9.17) is 6.58 Å². The van der Waals surface area contributed by atoms with Crippen molar-refractivity contribution in [2.45, 2.75) is 0 Å². The molecule has 10 rings (SSSR count). The zero-order valence-corrected chi connectivity index (χ0v) is 29.4. The number of para-hydroxylation sites is 3. The third-order valence-corrected chi connectivity index (χ3v) is 11.5. The van der Waals surface area contributed by atoms with Gasteiger partial charge in [0.15, 0.2) is 0 Å². The highest BCUT2D eigenvalue weighted by Crippen LogP contribution is 2.41. The van der Waals surface area contributed by atoms with E-state index in [0.29, 0.717) is 0 Å². The maximum absolute atomic E-state index is 4.74. The van der Waals surface area contributed by atoms with Gasteiger partial charge >= 0.3 is 0 Å². The van der Waals surface area contributed by atoms with Crippen LogP contribution >= 0.6 is 11.3 Å². The van der Waals surface area contributed by atoms with E-state index in [1.54, 1.807) is 0 Å². The summed E-state index contributed by atoms with van der Waals surface area (Å²) in [6.45, 7) is 5.46. The fraction of sp³-hybridized carbons (Fsp3) is 0.0204. The summed E-state index contributed by atoms with van der Waals surface area (Å²) in [6, 6.07) is 59.4. The number of fused-ring (bicyclic) bond motifs is 7. The molecule has 3 heteroatoms. The van der Waals surface area contributed by atoms with Crippen LogP contribution in [-0.2, 0) is 0 Å². The molecule has 2 aromatic heterocycles. The van der Waals surface area contributed by atoms with Gasteiger partial charge in [-0.05, 0) is 107 Å². The molecule has 0 amide bonds. The SMILES string of the molecule is C=C1/C=C(c2ccc3c(c2)c2ccccc2n3-c2ccccc2)\C=C/CN(c2ccccc2)c2ccc(-c3ccc4sc5ccccc5c4c3)cc21. The third kappa shape index (κ3) is 5.09. The monoisotopic (exact) mass is 682 g/mol. The summed E-state index contributed by atoms with van der Waals surface area (Å²) >= 11 is 1.86. The van der Waals surface area contributed by atoms with Crippen LogP contribution in [-0.4, -0.2) is 11.1 Å². The first-order chi connectivity index (χ1) is 25.7. The van der Waals surface area contributed by atoms with Crippen molar-refractivity contribution in [1.82, 2.24) is 4.57 Å². The molecule has 0 N–H and O–H groups in total. The zero-order valence-electron chi connectivity index (χ0n) is 28.5. The van der Waals surface area contributed by atoms with Crippen molar-refractivity contribution >= 4 is 75.8 Å². The van der Waals surface area contributed by atoms with E-state index >= 15 is 0 Å². The predicted octanol–water partition coefficient (Wildman–Crippen LogP) is 13.6. The Balaban J connectivity index is 1.12. The van der Waals surface area contributed by atoms with E-state index in [0.717, 1.165) is 40.3 Å². The molecule has 52 heavy (non-hydrogen) atoms. The second kappa shape index (κ2) is 12.4. The zero-order chi connectivity index (χ0) is 34.6. The Morgan fingerprint density at radius 2 is 1.13 bits per heavy atom. The second-order valence-corrected chi connectivity index (χ2v) is 14.5. The van der Waals surface area contributed by atoms with Crippen LogP contribution in [0.2, 0.25) is 0 Å². The summed E-state index contributed by atoms with van der Waals surface area (Å²) in [4.78, 5) is 2.39. The van der Waals surface area contributed by atoms with Gasteiger partial charge in [0.25, 0.3) is 0 Å². The van der Waals surface area contributed by atoms with Crippen molar-refractivity contribution in [3.63, 3.8) is 0 Å². The average Bonchev–Trinajstić information content (AvgIpc) is 3.76. The molecule has 0 fully saturated rings. The average molecular weight is 683 g/mol. The lowest BCUT2D eigenvalue weighted by molar-refractivity contribution is 1.09. The molecular weight excluding hydrogens is 649 g/mol. The number of nitrogens with zero attached hydrogens (tertiary/aromatic N) is 2. The van der Waals surface area contributed by atoms with Crippen molar-refractivity contribution in [1.29, 1.82) is 0 Å². The molecule has 0 saturated heterocycles. The van der Waals surface area contributed by atoms with Crippen molar-refractivity contribution in [2.75, 3.05) is 11.4 Å². The molecule has 9 aromatic rings. The molecule has 246 valence electrons. The lowest BCUT2D eigenvalue weighted by Gasteiger charge is -2.26. The van der Waals surface area contributed by atoms with E-state index in [-0.39, 0.29) is 0 Å². The highest BCUT2D eigenvalue weighted by molar-refractivity contribution is 7.25. The first-order valence-electron chi connectivity index (χ1n) is 17.7. The Hall–Kier alpha value is -6.42. The van der Waals surface area contributed by atoms with Crippen molar-refractivity contribution in [3.05, 3.63) is 200 Å². The number of hydrogen-bond donors (Lipinski definition) is 0. The summed E-state index contributed by atoms with van der Waals surface area (Å²) in [5, 5.41) is 5.10. The minimum atomic E-state index is 0.726. The van der Waals surface area contributed by atoms with E-state index in [9.17, 15) is 0 Å². The molecule has 0 bridgehead atoms. The lowest BCUT2D eigenvalue weighted by atomic mass is 9.94. The van der Waals surface area contributed by atoms with Gasteiger partial charge < -0.3 is 9.47 Å². The molecule has 0 unspecified atom stereocenters. The molecule has 2 nitrogen and oxygen atoms in total. The van der Waals surface area contributed by atoms with Gasteiger partial charge in [-0.3, -0.25) is 0 Å². The molecule has 0 radical (unpaired) electrons. The van der Waals surface area contributed by atoms with Crippen LogP contribution in [0, 0.1) is 0 Å². The minimum Gasteiger partial charge on any atom is -0.337 e. The smallest absolute Gasteiger partial charge is 0.0541 e. The van der Waals surface area contributed by atoms with Crippen LogP contribution in [0.25, 0.3) is 69.9 Å². The van der Waals surface area contributed by atoms with Crippen LogP contribution in [0.1, 0.15) is 11.1 Å². The molecule has 0 aliphatic carbocycles. The maximum Gasteiger partial charge on any atom is 0.0541 e. The van der Waals surface area contributed by atoms with Gasteiger partial charge in [0.1, 0.15) is 0 Å². The van der Waals surface area contributed by atoms with E-state index in [1.165, 1.54) is 58.7 Å². The third-order valence-electron chi connectivity index (χ3n) is 10.3. The summed E-state index contributed by atoms with van der Waals surface area (Å²) in [7, 11) is 0. The fourth-order valence-corrected chi connectivity index (χ4v) is 8.94. The van der Waals surface area contributed by atoms with Crippen LogP contribution in [0.4, 0.5) is 11.4 Å². The summed E-state index contributed by atoms with van der Waals surface area (Å²) in [6.07, 6.45) is 6.81. The first-order valence-corrected chi connectivity index (χ1v) is 18.6. The molecule has 1 aliphatic rings. The van der Waals surface area contributed by atoms with Gasteiger partial charge in [-0.2, -0.15) is 0 Å². The van der Waals surface area contributed by atoms with Gasteiger partial charge in [0, 0.05) is 60.1 Å². The summed E-state index contributed by atoms with van der Waals surface area (Å²) < 4.78 is 5.01. The Morgan fingerprint density at radius 3 is 1.98 bits per heavy atom. The fourth-order valence-electron chi connectivity index (χ4n) is 7.85. The Kier molecular flexibility index (Phi) is 7.26. The Morgan fingerprint density at radius 1 is 0.500 bits per heavy atom. The van der Waals surface area contributed by atoms with Crippen LogP contribution in [0.5, 0.6) is 0 Å². The number of rotatable bonds is 4. The first kappa shape index (κ1) is 30.4. The van der Waals surface area contributed by atoms with Crippen molar-refractivity contribution in [2.24, 2.45) is 0 Å². The molecule has 3 heterocycles. The summed E-state index contributed by atoms with van der Waals surface area (Å²) in [5.74, 6) is 0.